The number of carbonyl (C=O) groups excluding carboxylic acids is 1. The van der Waals surface area contributed by atoms with Crippen molar-refractivity contribution in [1.29, 1.82) is 0 Å². The number of amides is 1. The fourth-order valence-corrected chi connectivity index (χ4v) is 2.42. The van der Waals surface area contributed by atoms with Crippen LogP contribution in [0.5, 0.6) is 0 Å². The Hall–Kier alpha value is -1.81. The number of anilines is 1. The van der Waals surface area contributed by atoms with Gasteiger partial charge >= 0.3 is 0 Å². The molecule has 3 nitrogen and oxygen atoms in total. The number of hydrogen-bond donors (Lipinski definition) is 2. The van der Waals surface area contributed by atoms with Crippen molar-refractivity contribution in [3.8, 4) is 0 Å². The maximum atomic E-state index is 11.6. The van der Waals surface area contributed by atoms with Crippen molar-refractivity contribution in [2.24, 2.45) is 0 Å². The molecule has 104 valence electrons. The molecule has 0 radical (unpaired) electrons. The fourth-order valence-electron chi connectivity index (χ4n) is 2.00. The predicted molar refractivity (Wildman–Crippen MR) is 86.0 cm³/mol. The van der Waals surface area contributed by atoms with Crippen molar-refractivity contribution < 1.29 is 4.79 Å². The zero-order chi connectivity index (χ0) is 14.5. The van der Waals surface area contributed by atoms with Crippen molar-refractivity contribution >= 4 is 27.5 Å². The van der Waals surface area contributed by atoms with Gasteiger partial charge in [-0.05, 0) is 42.8 Å². The Morgan fingerprint density at radius 3 is 2.60 bits per heavy atom. The van der Waals surface area contributed by atoms with Crippen LogP contribution in [-0.2, 0) is 0 Å². The smallest absolute Gasteiger partial charge is 0.251 e. The number of halogens is 1. The van der Waals surface area contributed by atoms with Gasteiger partial charge in [-0.25, -0.2) is 0 Å². The summed E-state index contributed by atoms with van der Waals surface area (Å²) in [6.45, 7) is 2.09. The first-order chi connectivity index (χ1) is 9.60. The molecule has 1 amide bonds. The van der Waals surface area contributed by atoms with Gasteiger partial charge in [-0.1, -0.05) is 34.1 Å². The summed E-state index contributed by atoms with van der Waals surface area (Å²) < 4.78 is 1.06. The molecule has 20 heavy (non-hydrogen) atoms. The van der Waals surface area contributed by atoms with Crippen LogP contribution in [0, 0.1) is 0 Å². The minimum absolute atomic E-state index is 0.0799. The Morgan fingerprint density at radius 1 is 1.15 bits per heavy atom. The Kier molecular flexibility index (Phi) is 4.79. The van der Waals surface area contributed by atoms with E-state index in [9.17, 15) is 4.79 Å². The highest BCUT2D eigenvalue weighted by atomic mass is 79.9. The first-order valence-corrected chi connectivity index (χ1v) is 7.23. The maximum absolute atomic E-state index is 11.6. The fraction of sp³-hybridized carbons (Fsp3) is 0.188. The normalized spacial score (nSPS) is 11.8. The van der Waals surface area contributed by atoms with E-state index in [1.54, 1.807) is 13.1 Å². The van der Waals surface area contributed by atoms with Crippen LogP contribution >= 0.6 is 15.9 Å². The highest BCUT2D eigenvalue weighted by Gasteiger charge is 2.08. The van der Waals surface area contributed by atoms with Crippen LogP contribution in [0.1, 0.15) is 28.9 Å². The largest absolute Gasteiger partial charge is 0.379 e. The van der Waals surface area contributed by atoms with Crippen LogP contribution in [0.2, 0.25) is 0 Å². The third-order valence-corrected chi connectivity index (χ3v) is 3.58. The molecule has 0 saturated carbocycles. The molecule has 1 unspecified atom stereocenters. The van der Waals surface area contributed by atoms with E-state index in [1.165, 1.54) is 5.56 Å². The van der Waals surface area contributed by atoms with Gasteiger partial charge in [-0.2, -0.15) is 0 Å². The van der Waals surface area contributed by atoms with E-state index in [0.29, 0.717) is 5.56 Å². The molecule has 1 atom stereocenters. The average Bonchev–Trinajstić information content (AvgIpc) is 2.46. The third-order valence-electron chi connectivity index (χ3n) is 3.08. The maximum Gasteiger partial charge on any atom is 0.251 e. The van der Waals surface area contributed by atoms with E-state index in [-0.39, 0.29) is 11.9 Å². The van der Waals surface area contributed by atoms with Crippen LogP contribution < -0.4 is 10.6 Å². The van der Waals surface area contributed by atoms with Gasteiger partial charge in [0, 0.05) is 28.8 Å². The van der Waals surface area contributed by atoms with Gasteiger partial charge in [0.15, 0.2) is 0 Å². The van der Waals surface area contributed by atoms with E-state index >= 15 is 0 Å². The number of benzene rings is 2. The second kappa shape index (κ2) is 6.57. The highest BCUT2D eigenvalue weighted by molar-refractivity contribution is 9.10. The molecule has 0 spiro atoms. The summed E-state index contributed by atoms with van der Waals surface area (Å²) in [4.78, 5) is 11.6. The molecule has 0 fully saturated rings. The Labute approximate surface area is 127 Å². The van der Waals surface area contributed by atoms with Crippen LogP contribution in [0.4, 0.5) is 5.69 Å². The summed E-state index contributed by atoms with van der Waals surface area (Å²) in [5.41, 5.74) is 2.77. The third kappa shape index (κ3) is 3.61. The molecule has 2 aromatic rings. The first-order valence-electron chi connectivity index (χ1n) is 6.44. The number of rotatable bonds is 4. The topological polar surface area (TPSA) is 41.1 Å². The molecule has 2 rings (SSSR count). The van der Waals surface area contributed by atoms with Gasteiger partial charge in [0.05, 0.1) is 0 Å². The lowest BCUT2D eigenvalue weighted by molar-refractivity contribution is 0.0963. The van der Waals surface area contributed by atoms with E-state index in [2.05, 4.69) is 45.6 Å². The second-order valence-electron chi connectivity index (χ2n) is 4.58. The summed E-state index contributed by atoms with van der Waals surface area (Å²) in [5, 5.41) is 6.03. The van der Waals surface area contributed by atoms with Crippen molar-refractivity contribution in [2.45, 2.75) is 13.0 Å². The average molecular weight is 333 g/mol. The van der Waals surface area contributed by atoms with E-state index in [4.69, 9.17) is 0 Å². The molecule has 0 aliphatic rings. The molecule has 0 saturated heterocycles. The number of hydrogen-bond acceptors (Lipinski definition) is 2. The van der Waals surface area contributed by atoms with Crippen molar-refractivity contribution in [3.05, 3.63) is 64.1 Å². The number of carbonyl (C=O) groups is 1. The van der Waals surface area contributed by atoms with Gasteiger partial charge < -0.3 is 10.6 Å². The van der Waals surface area contributed by atoms with Crippen LogP contribution in [0.15, 0.2) is 53.0 Å². The molecule has 2 N–H and O–H groups in total. The Bertz CT molecular complexity index is 613. The van der Waals surface area contributed by atoms with Gasteiger partial charge in [0.1, 0.15) is 0 Å². The Morgan fingerprint density at radius 2 is 1.90 bits per heavy atom. The quantitative estimate of drug-likeness (QED) is 0.889. The lowest BCUT2D eigenvalue weighted by atomic mass is 10.1. The number of nitrogens with one attached hydrogen (secondary N) is 2. The van der Waals surface area contributed by atoms with E-state index in [1.807, 2.05) is 30.3 Å². The van der Waals surface area contributed by atoms with Crippen LogP contribution in [0.25, 0.3) is 0 Å². The van der Waals surface area contributed by atoms with Crippen molar-refractivity contribution in [1.82, 2.24) is 5.32 Å². The van der Waals surface area contributed by atoms with E-state index < -0.39 is 0 Å². The highest BCUT2D eigenvalue weighted by Crippen LogP contribution is 2.22. The second-order valence-corrected chi connectivity index (χ2v) is 5.50. The summed E-state index contributed by atoms with van der Waals surface area (Å²) in [6.07, 6.45) is 0. The van der Waals surface area contributed by atoms with Gasteiger partial charge in [0.2, 0.25) is 0 Å². The zero-order valence-electron chi connectivity index (χ0n) is 11.5. The van der Waals surface area contributed by atoms with Crippen molar-refractivity contribution in [2.75, 3.05) is 12.4 Å². The summed E-state index contributed by atoms with van der Waals surface area (Å²) in [7, 11) is 1.63. The van der Waals surface area contributed by atoms with Crippen LogP contribution in [-0.4, -0.2) is 13.0 Å². The molecular weight excluding hydrogens is 316 g/mol. The molecule has 0 aliphatic carbocycles. The molecule has 0 aromatic heterocycles. The molecular formula is C16H17BrN2O. The Balaban J connectivity index is 2.15. The molecule has 4 heteroatoms. The van der Waals surface area contributed by atoms with Gasteiger partial charge in [0.25, 0.3) is 5.91 Å². The van der Waals surface area contributed by atoms with Gasteiger partial charge in [-0.3, -0.25) is 4.79 Å². The summed E-state index contributed by atoms with van der Waals surface area (Å²) in [6, 6.07) is 15.8. The molecule has 0 aliphatic heterocycles. The summed E-state index contributed by atoms with van der Waals surface area (Å²) in [5.74, 6) is -0.0799. The SMILES string of the molecule is CNC(=O)c1cccc(NC(C)c2cccc(Br)c2)c1. The molecule has 2 aromatic carbocycles. The van der Waals surface area contributed by atoms with Crippen LogP contribution in [0.3, 0.4) is 0 Å². The molecule has 0 heterocycles. The lowest BCUT2D eigenvalue weighted by Gasteiger charge is -2.16. The lowest BCUT2D eigenvalue weighted by Crippen LogP contribution is -2.18. The van der Waals surface area contributed by atoms with Crippen molar-refractivity contribution in [3.63, 3.8) is 0 Å². The standard InChI is InChI=1S/C16H17BrN2O/c1-11(12-5-3-7-14(17)9-12)19-15-8-4-6-13(10-15)16(20)18-2/h3-11,19H,1-2H3,(H,18,20). The monoisotopic (exact) mass is 332 g/mol. The van der Waals surface area contributed by atoms with Gasteiger partial charge in [-0.15, -0.1) is 0 Å². The minimum Gasteiger partial charge on any atom is -0.379 e. The van der Waals surface area contributed by atoms with E-state index in [0.717, 1.165) is 10.2 Å². The minimum atomic E-state index is -0.0799. The zero-order valence-corrected chi connectivity index (χ0v) is 13.1. The molecule has 0 bridgehead atoms. The first kappa shape index (κ1) is 14.6. The predicted octanol–water partition coefficient (Wildman–Crippen LogP) is 3.98. The summed E-state index contributed by atoms with van der Waals surface area (Å²) >= 11 is 3.48.